The number of benzene rings is 3. The number of nitrogens with zero attached hydrogens (tertiary/aromatic N) is 4. The molecule has 0 saturated heterocycles. The van der Waals surface area contributed by atoms with Gasteiger partial charge in [0.05, 0.1) is 22.5 Å². The molecule has 2 aromatic heterocycles. The Labute approximate surface area is 189 Å². The molecule has 0 aliphatic rings. The van der Waals surface area contributed by atoms with Gasteiger partial charge >= 0.3 is 0 Å². The third-order valence-corrected chi connectivity index (χ3v) is 6.83. The predicted molar refractivity (Wildman–Crippen MR) is 128 cm³/mol. The monoisotopic (exact) mass is 443 g/mol. The predicted octanol–water partition coefficient (Wildman–Crippen LogP) is 6.04. The highest BCUT2D eigenvalue weighted by Crippen LogP contribution is 2.29. The quantitative estimate of drug-likeness (QED) is 0.311. The first kappa shape index (κ1) is 19.9. The number of hydrogen-bond acceptors (Lipinski definition) is 5. The number of hydrogen-bond donors (Lipinski definition) is 1. The Kier molecular flexibility index (Phi) is 5.78. The van der Waals surface area contributed by atoms with Crippen molar-refractivity contribution in [2.75, 3.05) is 0 Å². The minimum atomic E-state index is 0.699. The first-order valence-corrected chi connectivity index (χ1v) is 12.0. The molecule has 5 nitrogen and oxygen atoms in total. The molecule has 5 aromatic rings. The minimum Gasteiger partial charge on any atom is -0.341 e. The van der Waals surface area contributed by atoms with Gasteiger partial charge < -0.3 is 4.98 Å². The molecule has 31 heavy (non-hydrogen) atoms. The number of H-pyrrole nitrogens is 1. The Morgan fingerprint density at radius 3 is 2.39 bits per heavy atom. The lowest BCUT2D eigenvalue weighted by atomic mass is 10.2. The molecule has 1 N–H and O–H groups in total. The van der Waals surface area contributed by atoms with Gasteiger partial charge in [0, 0.05) is 10.6 Å². The van der Waals surface area contributed by atoms with Crippen molar-refractivity contribution in [2.24, 2.45) is 0 Å². The van der Waals surface area contributed by atoms with Crippen LogP contribution < -0.4 is 0 Å². The lowest BCUT2D eigenvalue weighted by Crippen LogP contribution is -2.02. The normalized spacial score (nSPS) is 11.3. The van der Waals surface area contributed by atoms with Crippen LogP contribution in [-0.4, -0.2) is 24.7 Å². The summed E-state index contributed by atoms with van der Waals surface area (Å²) in [5, 5.41) is 9.90. The maximum atomic E-state index is 4.68. The van der Waals surface area contributed by atoms with E-state index in [0.717, 1.165) is 39.3 Å². The first-order valence-electron chi connectivity index (χ1n) is 10.0. The standard InChI is InChI=1S/C24H21N5S2/c1-17-11-13-19(14-12-17)30-16-23-27-28-24(29(23)18-7-3-2-4-8-18)31-15-22-25-20-9-5-6-10-21(20)26-22/h2-14H,15-16H2,1H3,(H,25,26). The SMILES string of the molecule is Cc1ccc(SCc2nnc(SCc3nc4ccccc4[nH]3)n2-c2ccccc2)cc1. The fraction of sp³-hybridized carbons (Fsp3) is 0.125. The molecular formula is C24H21N5S2. The summed E-state index contributed by atoms with van der Waals surface area (Å²) in [5.74, 6) is 3.31. The van der Waals surface area contributed by atoms with Crippen LogP contribution in [0.25, 0.3) is 16.7 Å². The van der Waals surface area contributed by atoms with Crippen LogP contribution in [0.2, 0.25) is 0 Å². The molecule has 0 aliphatic carbocycles. The third kappa shape index (κ3) is 4.52. The van der Waals surface area contributed by atoms with Gasteiger partial charge in [0.15, 0.2) is 5.16 Å². The number of aryl methyl sites for hydroxylation is 1. The largest absolute Gasteiger partial charge is 0.341 e. The Hall–Kier alpha value is -3.03. The number of rotatable bonds is 7. The molecule has 154 valence electrons. The maximum absolute atomic E-state index is 4.68. The van der Waals surface area contributed by atoms with Crippen LogP contribution in [0.1, 0.15) is 17.2 Å². The Bertz CT molecular complexity index is 1260. The molecule has 0 amide bonds. The van der Waals surface area contributed by atoms with Crippen LogP contribution in [0.3, 0.4) is 0 Å². The van der Waals surface area contributed by atoms with E-state index in [1.165, 1.54) is 10.5 Å². The Morgan fingerprint density at radius 1 is 0.806 bits per heavy atom. The van der Waals surface area contributed by atoms with Crippen LogP contribution >= 0.6 is 23.5 Å². The van der Waals surface area contributed by atoms with Crippen LogP contribution in [0.5, 0.6) is 0 Å². The van der Waals surface area contributed by atoms with Crippen molar-refractivity contribution < 1.29 is 0 Å². The number of aromatic nitrogens is 5. The average molecular weight is 444 g/mol. The molecule has 0 unspecified atom stereocenters. The highest BCUT2D eigenvalue weighted by molar-refractivity contribution is 7.98. The Morgan fingerprint density at radius 2 is 1.58 bits per heavy atom. The zero-order chi connectivity index (χ0) is 21.0. The summed E-state index contributed by atoms with van der Waals surface area (Å²) in [5.41, 5.74) is 4.37. The van der Waals surface area contributed by atoms with E-state index in [4.69, 9.17) is 0 Å². The lowest BCUT2D eigenvalue weighted by molar-refractivity contribution is 0.863. The highest BCUT2D eigenvalue weighted by atomic mass is 32.2. The second-order valence-electron chi connectivity index (χ2n) is 7.16. The molecule has 0 radical (unpaired) electrons. The number of aromatic amines is 1. The van der Waals surface area contributed by atoms with Crippen LogP contribution in [0.15, 0.2) is 88.9 Å². The summed E-state index contributed by atoms with van der Waals surface area (Å²) in [6.45, 7) is 2.10. The summed E-state index contributed by atoms with van der Waals surface area (Å²) < 4.78 is 2.15. The molecular weight excluding hydrogens is 422 g/mol. The number of nitrogens with one attached hydrogen (secondary N) is 1. The van der Waals surface area contributed by atoms with Crippen molar-refractivity contribution in [2.45, 2.75) is 28.5 Å². The number of fused-ring (bicyclic) bond motifs is 1. The molecule has 3 aromatic carbocycles. The van der Waals surface area contributed by atoms with E-state index in [1.54, 1.807) is 23.5 Å². The molecule has 0 atom stereocenters. The van der Waals surface area contributed by atoms with Gasteiger partial charge in [0.25, 0.3) is 0 Å². The topological polar surface area (TPSA) is 59.4 Å². The van der Waals surface area contributed by atoms with E-state index in [0.29, 0.717) is 5.75 Å². The van der Waals surface area contributed by atoms with E-state index in [1.807, 2.05) is 42.5 Å². The van der Waals surface area contributed by atoms with Crippen molar-refractivity contribution in [1.29, 1.82) is 0 Å². The minimum absolute atomic E-state index is 0.699. The lowest BCUT2D eigenvalue weighted by Gasteiger charge is -2.10. The number of para-hydroxylation sites is 3. The van der Waals surface area contributed by atoms with Crippen LogP contribution in [0, 0.1) is 6.92 Å². The molecule has 0 bridgehead atoms. The number of thioether (sulfide) groups is 2. The van der Waals surface area contributed by atoms with Gasteiger partial charge in [0.2, 0.25) is 0 Å². The van der Waals surface area contributed by atoms with Gasteiger partial charge in [-0.3, -0.25) is 4.57 Å². The zero-order valence-corrected chi connectivity index (χ0v) is 18.7. The second kappa shape index (κ2) is 8.99. The summed E-state index contributed by atoms with van der Waals surface area (Å²) in [6, 6.07) is 27.0. The smallest absolute Gasteiger partial charge is 0.196 e. The van der Waals surface area contributed by atoms with Gasteiger partial charge in [-0.15, -0.1) is 22.0 Å². The van der Waals surface area contributed by atoms with Crippen LogP contribution in [0.4, 0.5) is 0 Å². The molecule has 7 heteroatoms. The summed E-state index contributed by atoms with van der Waals surface area (Å²) in [6.07, 6.45) is 0. The molecule has 2 heterocycles. The van der Waals surface area contributed by atoms with Gasteiger partial charge in [-0.25, -0.2) is 4.98 Å². The highest BCUT2D eigenvalue weighted by Gasteiger charge is 2.15. The van der Waals surface area contributed by atoms with Crippen LogP contribution in [-0.2, 0) is 11.5 Å². The van der Waals surface area contributed by atoms with E-state index in [-0.39, 0.29) is 0 Å². The fourth-order valence-electron chi connectivity index (χ4n) is 3.31. The molecule has 0 spiro atoms. The van der Waals surface area contributed by atoms with E-state index in [9.17, 15) is 0 Å². The van der Waals surface area contributed by atoms with E-state index >= 15 is 0 Å². The summed E-state index contributed by atoms with van der Waals surface area (Å²) in [7, 11) is 0. The van der Waals surface area contributed by atoms with Crippen molar-refractivity contribution in [1.82, 2.24) is 24.7 Å². The first-order chi connectivity index (χ1) is 15.3. The molecule has 0 aliphatic heterocycles. The summed E-state index contributed by atoms with van der Waals surface area (Å²) >= 11 is 3.41. The zero-order valence-electron chi connectivity index (χ0n) is 17.0. The fourth-order valence-corrected chi connectivity index (χ4v) is 4.97. The molecule has 5 rings (SSSR count). The Balaban J connectivity index is 1.39. The average Bonchev–Trinajstić information content (AvgIpc) is 3.41. The number of imidazole rings is 1. The second-order valence-corrected chi connectivity index (χ2v) is 9.15. The maximum Gasteiger partial charge on any atom is 0.196 e. The van der Waals surface area contributed by atoms with Crippen molar-refractivity contribution >= 4 is 34.6 Å². The third-order valence-electron chi connectivity index (χ3n) is 4.88. The van der Waals surface area contributed by atoms with Gasteiger partial charge in [-0.2, -0.15) is 0 Å². The van der Waals surface area contributed by atoms with Gasteiger partial charge in [-0.1, -0.05) is 59.8 Å². The molecule has 0 fully saturated rings. The van der Waals surface area contributed by atoms with Crippen molar-refractivity contribution in [3.63, 3.8) is 0 Å². The molecule has 0 saturated carbocycles. The summed E-state index contributed by atoms with van der Waals surface area (Å²) in [4.78, 5) is 9.30. The van der Waals surface area contributed by atoms with E-state index < -0.39 is 0 Å². The van der Waals surface area contributed by atoms with Gasteiger partial charge in [0.1, 0.15) is 11.6 Å². The van der Waals surface area contributed by atoms with Gasteiger partial charge in [-0.05, 0) is 43.3 Å². The van der Waals surface area contributed by atoms with E-state index in [2.05, 4.69) is 68.1 Å². The van der Waals surface area contributed by atoms with Crippen molar-refractivity contribution in [3.05, 3.63) is 96.1 Å². The van der Waals surface area contributed by atoms with Crippen molar-refractivity contribution in [3.8, 4) is 5.69 Å².